The number of rotatable bonds is 2. The maximum absolute atomic E-state index is 14.3. The predicted octanol–water partition coefficient (Wildman–Crippen LogP) is 3.63. The zero-order chi connectivity index (χ0) is 23.0. The van der Waals surface area contributed by atoms with Crippen LogP contribution in [0.1, 0.15) is 45.4 Å². The van der Waals surface area contributed by atoms with Crippen LogP contribution in [0.4, 0.5) is 14.0 Å². The van der Waals surface area contributed by atoms with Gasteiger partial charge in [0, 0.05) is 44.7 Å². The first-order valence-corrected chi connectivity index (χ1v) is 12.8. The van der Waals surface area contributed by atoms with Crippen molar-refractivity contribution in [3.8, 4) is 0 Å². The Labute approximate surface area is 196 Å². The molecule has 3 amide bonds. The minimum atomic E-state index is -0.201. The van der Waals surface area contributed by atoms with Gasteiger partial charge in [-0.3, -0.25) is 0 Å². The van der Waals surface area contributed by atoms with Gasteiger partial charge >= 0.3 is 12.1 Å². The molecule has 0 saturated carbocycles. The lowest BCUT2D eigenvalue weighted by Gasteiger charge is -2.46. The van der Waals surface area contributed by atoms with Gasteiger partial charge in [-0.1, -0.05) is 6.08 Å². The number of hydrogen-bond acceptors (Lipinski definition) is 4. The molecule has 7 nitrogen and oxygen atoms in total. The minimum Gasteiger partial charge on any atom is -0.450 e. The second kappa shape index (κ2) is 9.28. The molecule has 2 unspecified atom stereocenters. The molecule has 1 spiro atoms. The third-order valence-corrected chi connectivity index (χ3v) is 8.63. The molecular weight excluding hydrogens is 423 g/mol. The Bertz CT molecular complexity index is 808. The van der Waals surface area contributed by atoms with Gasteiger partial charge in [0.25, 0.3) is 0 Å². The number of allylic oxidation sites excluding steroid dienone is 2. The highest BCUT2D eigenvalue weighted by Crippen LogP contribution is 2.51. The molecule has 1 aliphatic carbocycles. The number of nitrogens with zero attached hydrogens (tertiary/aromatic N) is 4. The summed E-state index contributed by atoms with van der Waals surface area (Å²) in [6.45, 7) is 8.08. The van der Waals surface area contributed by atoms with Gasteiger partial charge in [0.15, 0.2) is 0 Å². The Balaban J connectivity index is 1.23. The van der Waals surface area contributed by atoms with Crippen molar-refractivity contribution in [2.24, 2.45) is 11.3 Å². The van der Waals surface area contributed by atoms with Gasteiger partial charge < -0.3 is 24.3 Å². The van der Waals surface area contributed by atoms with Gasteiger partial charge in [0.1, 0.15) is 5.83 Å². The van der Waals surface area contributed by atoms with Crippen molar-refractivity contribution < 1.29 is 18.7 Å². The van der Waals surface area contributed by atoms with Crippen molar-refractivity contribution in [3.63, 3.8) is 0 Å². The lowest BCUT2D eigenvalue weighted by molar-refractivity contribution is 0.0327. The molecule has 4 fully saturated rings. The van der Waals surface area contributed by atoms with Crippen molar-refractivity contribution in [3.05, 3.63) is 24.1 Å². The summed E-state index contributed by atoms with van der Waals surface area (Å²) in [5.41, 5.74) is -0.0513. The van der Waals surface area contributed by atoms with Crippen LogP contribution < -0.4 is 0 Å². The molecule has 0 radical (unpaired) electrons. The first-order chi connectivity index (χ1) is 16.0. The summed E-state index contributed by atoms with van der Waals surface area (Å²) in [5.74, 6) is -0.110. The number of carbonyl (C=O) groups excluding carboxylic acids is 2. The van der Waals surface area contributed by atoms with Crippen LogP contribution in [-0.2, 0) is 4.74 Å². The topological polar surface area (TPSA) is 56.3 Å². The highest BCUT2D eigenvalue weighted by Gasteiger charge is 2.54. The first-order valence-electron chi connectivity index (χ1n) is 12.8. The van der Waals surface area contributed by atoms with E-state index >= 15 is 0 Å². The number of hydrogen-bond donors (Lipinski definition) is 0. The van der Waals surface area contributed by atoms with Crippen LogP contribution in [0.25, 0.3) is 0 Å². The molecule has 5 rings (SSSR count). The fraction of sp³-hybridized carbons (Fsp3) is 0.760. The van der Waals surface area contributed by atoms with Gasteiger partial charge in [0.2, 0.25) is 0 Å². The average Bonchev–Trinajstić information content (AvgIpc) is 3.47. The van der Waals surface area contributed by atoms with Crippen LogP contribution in [0, 0.1) is 11.3 Å². The van der Waals surface area contributed by atoms with Crippen molar-refractivity contribution in [1.29, 1.82) is 0 Å². The van der Waals surface area contributed by atoms with Crippen LogP contribution >= 0.6 is 0 Å². The van der Waals surface area contributed by atoms with E-state index in [1.165, 1.54) is 6.08 Å². The molecule has 0 aromatic heterocycles. The number of carbonyl (C=O) groups is 2. The zero-order valence-electron chi connectivity index (χ0n) is 19.8. The maximum atomic E-state index is 14.3. The van der Waals surface area contributed by atoms with E-state index in [0.29, 0.717) is 12.6 Å². The van der Waals surface area contributed by atoms with E-state index in [4.69, 9.17) is 4.74 Å². The average molecular weight is 461 g/mol. The van der Waals surface area contributed by atoms with E-state index in [9.17, 15) is 14.0 Å². The molecule has 8 heteroatoms. The standard InChI is InChI=1S/C25H37FN4O3/c1-2-33-24(32)29-13-7-20(8-14-29)27-15-9-25(10-16-27)18-30(23(31)28-11-3-4-12-28)22-6-5-19(26)17-21(22)25/h5-6,17,20-22H,2-4,7-16,18H2,1H3. The van der Waals surface area contributed by atoms with Crippen molar-refractivity contribution in [2.75, 3.05) is 52.4 Å². The Morgan fingerprint density at radius 1 is 1.06 bits per heavy atom. The molecule has 5 aliphatic rings. The number of amides is 3. The molecule has 0 bridgehead atoms. The summed E-state index contributed by atoms with van der Waals surface area (Å²) in [6, 6.07) is 0.580. The first kappa shape index (κ1) is 22.7. The van der Waals surface area contributed by atoms with Crippen LogP contribution in [0.5, 0.6) is 0 Å². The molecule has 4 aliphatic heterocycles. The van der Waals surface area contributed by atoms with Gasteiger partial charge in [-0.2, -0.15) is 0 Å². The Morgan fingerprint density at radius 3 is 2.42 bits per heavy atom. The molecule has 2 atom stereocenters. The fourth-order valence-corrected chi connectivity index (χ4v) is 6.76. The van der Waals surface area contributed by atoms with Crippen LogP contribution in [0.3, 0.4) is 0 Å². The van der Waals surface area contributed by atoms with E-state index in [-0.39, 0.29) is 35.3 Å². The van der Waals surface area contributed by atoms with Gasteiger partial charge in [-0.15, -0.1) is 0 Å². The number of halogens is 1. The quantitative estimate of drug-likeness (QED) is 0.632. The van der Waals surface area contributed by atoms with Crippen LogP contribution in [0.15, 0.2) is 24.1 Å². The Morgan fingerprint density at radius 2 is 1.76 bits per heavy atom. The summed E-state index contributed by atoms with van der Waals surface area (Å²) in [5, 5.41) is 0. The van der Waals surface area contributed by atoms with Gasteiger partial charge in [0.05, 0.1) is 12.6 Å². The highest BCUT2D eigenvalue weighted by molar-refractivity contribution is 5.76. The zero-order valence-corrected chi connectivity index (χ0v) is 19.8. The molecule has 33 heavy (non-hydrogen) atoms. The number of likely N-dealkylation sites (tertiary alicyclic amines) is 4. The number of ether oxygens (including phenoxy) is 1. The SMILES string of the molecule is CCOC(=O)N1CCC(N2CCC3(CC2)CN(C(=O)N2CCCC2)C2C=CC(F)=CC23)CC1. The van der Waals surface area contributed by atoms with E-state index in [1.807, 2.05) is 27.7 Å². The van der Waals surface area contributed by atoms with Crippen LogP contribution in [-0.4, -0.2) is 96.2 Å². The monoisotopic (exact) mass is 460 g/mol. The lowest BCUT2D eigenvalue weighted by Crippen LogP contribution is -2.52. The van der Waals surface area contributed by atoms with E-state index in [1.54, 1.807) is 6.08 Å². The summed E-state index contributed by atoms with van der Waals surface area (Å²) in [4.78, 5) is 33.7. The molecule has 4 saturated heterocycles. The van der Waals surface area contributed by atoms with Gasteiger partial charge in [-0.25, -0.2) is 14.0 Å². The minimum absolute atomic E-state index is 0.0306. The molecule has 0 aromatic rings. The van der Waals surface area contributed by atoms with E-state index < -0.39 is 0 Å². The van der Waals surface area contributed by atoms with Crippen molar-refractivity contribution in [2.45, 2.75) is 57.5 Å². The number of piperidine rings is 2. The van der Waals surface area contributed by atoms with Crippen LogP contribution in [0.2, 0.25) is 0 Å². The maximum Gasteiger partial charge on any atom is 0.409 e. The molecule has 4 heterocycles. The summed E-state index contributed by atoms with van der Waals surface area (Å²) in [6.07, 6.45) is 11.1. The van der Waals surface area contributed by atoms with E-state index in [0.717, 1.165) is 84.3 Å². The predicted molar refractivity (Wildman–Crippen MR) is 123 cm³/mol. The lowest BCUT2D eigenvalue weighted by atomic mass is 9.67. The molecule has 0 N–H and O–H groups in total. The van der Waals surface area contributed by atoms with E-state index in [2.05, 4.69) is 4.90 Å². The number of fused-ring (bicyclic) bond motifs is 2. The third-order valence-electron chi connectivity index (χ3n) is 8.63. The highest BCUT2D eigenvalue weighted by atomic mass is 19.1. The normalized spacial score (nSPS) is 30.0. The Kier molecular flexibility index (Phi) is 6.38. The molecular formula is C25H37FN4O3. The Hall–Kier alpha value is -2.09. The summed E-state index contributed by atoms with van der Waals surface area (Å²) >= 11 is 0. The van der Waals surface area contributed by atoms with Gasteiger partial charge in [-0.05, 0) is 76.1 Å². The number of urea groups is 1. The van der Waals surface area contributed by atoms with Crippen molar-refractivity contribution >= 4 is 12.1 Å². The largest absolute Gasteiger partial charge is 0.450 e. The summed E-state index contributed by atoms with van der Waals surface area (Å²) in [7, 11) is 0. The molecule has 0 aromatic carbocycles. The van der Waals surface area contributed by atoms with Crippen molar-refractivity contribution in [1.82, 2.24) is 19.6 Å². The summed E-state index contributed by atoms with van der Waals surface area (Å²) < 4.78 is 19.5. The second-order valence-corrected chi connectivity index (χ2v) is 10.3. The smallest absolute Gasteiger partial charge is 0.409 e. The third kappa shape index (κ3) is 4.27. The molecule has 182 valence electrons. The fourth-order valence-electron chi connectivity index (χ4n) is 6.76. The second-order valence-electron chi connectivity index (χ2n) is 10.3.